The zero-order valence-corrected chi connectivity index (χ0v) is 17.3. The van der Waals surface area contributed by atoms with Gasteiger partial charge >= 0.3 is 0 Å². The summed E-state index contributed by atoms with van der Waals surface area (Å²) in [6.07, 6.45) is 0. The van der Waals surface area contributed by atoms with E-state index in [4.69, 9.17) is 9.72 Å². The van der Waals surface area contributed by atoms with Crippen LogP contribution in [0.4, 0.5) is 5.13 Å². The first-order chi connectivity index (χ1) is 14.1. The number of ether oxygens (including phenoxy) is 1. The van der Waals surface area contributed by atoms with E-state index in [0.29, 0.717) is 11.7 Å². The molecule has 0 unspecified atom stereocenters. The quantitative estimate of drug-likeness (QED) is 0.426. The Kier molecular flexibility index (Phi) is 5.58. The van der Waals surface area contributed by atoms with Crippen molar-refractivity contribution in [3.63, 3.8) is 0 Å². The Bertz CT molecular complexity index is 1140. The Labute approximate surface area is 174 Å². The third-order valence-electron chi connectivity index (χ3n) is 4.69. The average Bonchev–Trinajstić information content (AvgIpc) is 3.14. The van der Waals surface area contributed by atoms with Gasteiger partial charge in [-0.05, 0) is 48.7 Å². The van der Waals surface area contributed by atoms with Gasteiger partial charge in [0, 0.05) is 0 Å². The molecule has 0 radical (unpaired) electrons. The van der Waals surface area contributed by atoms with Crippen LogP contribution in [0, 0.1) is 13.8 Å². The number of thiazole rings is 1. The minimum absolute atomic E-state index is 0.0351. The fourth-order valence-corrected chi connectivity index (χ4v) is 4.18. The number of hydrogen-bond donors (Lipinski definition) is 0. The van der Waals surface area contributed by atoms with Crippen LogP contribution in [0.5, 0.6) is 5.75 Å². The van der Waals surface area contributed by atoms with Crippen LogP contribution < -0.4 is 9.64 Å². The molecular formula is C24H22N2O2S. The van der Waals surface area contributed by atoms with Gasteiger partial charge in [-0.1, -0.05) is 65.9 Å². The summed E-state index contributed by atoms with van der Waals surface area (Å²) in [6.45, 7) is 4.45. The van der Waals surface area contributed by atoms with E-state index in [9.17, 15) is 4.79 Å². The van der Waals surface area contributed by atoms with Gasteiger partial charge in [-0.15, -0.1) is 0 Å². The molecule has 1 heterocycles. The maximum absolute atomic E-state index is 13.1. The maximum atomic E-state index is 13.1. The van der Waals surface area contributed by atoms with Crippen molar-refractivity contribution in [1.29, 1.82) is 0 Å². The maximum Gasteiger partial charge on any atom is 0.267 e. The van der Waals surface area contributed by atoms with Crippen LogP contribution in [0.3, 0.4) is 0 Å². The van der Waals surface area contributed by atoms with E-state index in [2.05, 4.69) is 13.0 Å². The number of amides is 1. The zero-order valence-electron chi connectivity index (χ0n) is 16.5. The summed E-state index contributed by atoms with van der Waals surface area (Å²) < 4.78 is 6.89. The summed E-state index contributed by atoms with van der Waals surface area (Å²) in [6, 6.07) is 23.8. The first kappa shape index (κ1) is 19.2. The number of rotatable bonds is 6. The number of anilines is 1. The summed E-state index contributed by atoms with van der Waals surface area (Å²) in [4.78, 5) is 19.6. The minimum Gasteiger partial charge on any atom is -0.483 e. The molecule has 0 aliphatic rings. The van der Waals surface area contributed by atoms with Gasteiger partial charge in [0.2, 0.25) is 0 Å². The molecule has 3 aromatic carbocycles. The molecule has 4 aromatic rings. The molecule has 0 bridgehead atoms. The highest BCUT2D eigenvalue weighted by atomic mass is 32.1. The first-order valence-corrected chi connectivity index (χ1v) is 10.3. The Morgan fingerprint density at radius 3 is 2.55 bits per heavy atom. The number of hydrogen-bond acceptors (Lipinski definition) is 4. The molecule has 5 heteroatoms. The molecule has 0 atom stereocenters. The predicted molar refractivity (Wildman–Crippen MR) is 119 cm³/mol. The molecule has 1 amide bonds. The molecular weight excluding hydrogens is 380 g/mol. The van der Waals surface area contributed by atoms with Gasteiger partial charge in [-0.25, -0.2) is 4.98 Å². The molecule has 1 aromatic heterocycles. The van der Waals surface area contributed by atoms with E-state index in [0.717, 1.165) is 27.1 Å². The van der Waals surface area contributed by atoms with Crippen molar-refractivity contribution >= 4 is 32.6 Å². The molecule has 0 N–H and O–H groups in total. The minimum atomic E-state index is -0.118. The van der Waals surface area contributed by atoms with Crippen LogP contribution >= 0.6 is 11.3 Å². The van der Waals surface area contributed by atoms with E-state index in [1.807, 2.05) is 73.7 Å². The fraction of sp³-hybridized carbons (Fsp3) is 0.167. The van der Waals surface area contributed by atoms with E-state index < -0.39 is 0 Å². The highest BCUT2D eigenvalue weighted by Gasteiger charge is 2.21. The number of aromatic nitrogens is 1. The topological polar surface area (TPSA) is 42.4 Å². The number of nitrogens with zero attached hydrogens (tertiary/aromatic N) is 2. The van der Waals surface area contributed by atoms with Gasteiger partial charge in [0.15, 0.2) is 11.7 Å². The van der Waals surface area contributed by atoms with E-state index in [-0.39, 0.29) is 12.5 Å². The third kappa shape index (κ3) is 4.46. The molecule has 0 aliphatic carbocycles. The van der Waals surface area contributed by atoms with Crippen molar-refractivity contribution in [3.05, 3.63) is 89.5 Å². The third-order valence-corrected chi connectivity index (χ3v) is 5.73. The summed E-state index contributed by atoms with van der Waals surface area (Å²) in [7, 11) is 0. The lowest BCUT2D eigenvalue weighted by molar-refractivity contribution is -0.120. The van der Waals surface area contributed by atoms with Crippen molar-refractivity contribution in [2.45, 2.75) is 20.4 Å². The van der Waals surface area contributed by atoms with Crippen LogP contribution in [0.2, 0.25) is 0 Å². The average molecular weight is 403 g/mol. The predicted octanol–water partition coefficient (Wildman–Crippen LogP) is 5.53. The van der Waals surface area contributed by atoms with Crippen LogP contribution in [-0.4, -0.2) is 17.5 Å². The summed E-state index contributed by atoms with van der Waals surface area (Å²) >= 11 is 1.53. The van der Waals surface area contributed by atoms with Crippen molar-refractivity contribution in [3.8, 4) is 5.75 Å². The number of fused-ring (bicyclic) bond motifs is 1. The summed E-state index contributed by atoms with van der Waals surface area (Å²) in [5, 5.41) is 0.688. The Morgan fingerprint density at radius 1 is 1.00 bits per heavy atom. The van der Waals surface area contributed by atoms with Gasteiger partial charge in [-0.3, -0.25) is 9.69 Å². The normalized spacial score (nSPS) is 10.8. The molecule has 0 fully saturated rings. The van der Waals surface area contributed by atoms with Gasteiger partial charge < -0.3 is 4.74 Å². The Morgan fingerprint density at radius 2 is 1.76 bits per heavy atom. The monoisotopic (exact) mass is 402 g/mol. The second kappa shape index (κ2) is 8.45. The van der Waals surface area contributed by atoms with Crippen LogP contribution in [-0.2, 0) is 11.3 Å². The van der Waals surface area contributed by atoms with Gasteiger partial charge in [0.1, 0.15) is 5.75 Å². The van der Waals surface area contributed by atoms with Gasteiger partial charge in [-0.2, -0.15) is 0 Å². The highest BCUT2D eigenvalue weighted by molar-refractivity contribution is 7.22. The number of benzene rings is 3. The molecule has 0 spiro atoms. The van der Waals surface area contributed by atoms with Crippen LogP contribution in [0.25, 0.3) is 10.2 Å². The first-order valence-electron chi connectivity index (χ1n) is 9.50. The van der Waals surface area contributed by atoms with Crippen molar-refractivity contribution in [2.75, 3.05) is 11.5 Å². The fourth-order valence-electron chi connectivity index (χ4n) is 3.10. The lowest BCUT2D eigenvalue weighted by atomic mass is 10.2. The number of carbonyl (C=O) groups excluding carboxylic acids is 1. The molecule has 4 rings (SSSR count). The van der Waals surface area contributed by atoms with E-state index in [1.54, 1.807) is 4.90 Å². The standard InChI is InChI=1S/C24H22N2O2S/c1-17-12-13-20-22(14-17)29-24(25-20)26(15-19-9-4-3-5-10-19)23(27)16-28-21-11-7-6-8-18(21)2/h3-14H,15-16H2,1-2H3. The second-order valence-corrected chi connectivity index (χ2v) is 8.00. The lowest BCUT2D eigenvalue weighted by Gasteiger charge is -2.20. The Hall–Kier alpha value is -3.18. The molecule has 146 valence electrons. The number of aryl methyl sites for hydroxylation is 2. The van der Waals surface area contributed by atoms with Crippen molar-refractivity contribution < 1.29 is 9.53 Å². The summed E-state index contributed by atoms with van der Waals surface area (Å²) in [5.41, 5.74) is 4.13. The van der Waals surface area contributed by atoms with Gasteiger partial charge in [0.05, 0.1) is 16.8 Å². The van der Waals surface area contributed by atoms with E-state index >= 15 is 0 Å². The molecule has 29 heavy (non-hydrogen) atoms. The van der Waals surface area contributed by atoms with Crippen molar-refractivity contribution in [2.24, 2.45) is 0 Å². The SMILES string of the molecule is Cc1ccc2nc(N(Cc3ccccc3)C(=O)COc3ccccc3C)sc2c1. The van der Waals surface area contributed by atoms with Crippen molar-refractivity contribution in [1.82, 2.24) is 4.98 Å². The van der Waals surface area contributed by atoms with Crippen LogP contribution in [0.1, 0.15) is 16.7 Å². The number of para-hydroxylation sites is 1. The van der Waals surface area contributed by atoms with E-state index in [1.165, 1.54) is 16.9 Å². The smallest absolute Gasteiger partial charge is 0.267 e. The molecule has 0 saturated heterocycles. The van der Waals surface area contributed by atoms with Gasteiger partial charge in [0.25, 0.3) is 5.91 Å². The molecule has 0 saturated carbocycles. The molecule has 0 aliphatic heterocycles. The lowest BCUT2D eigenvalue weighted by Crippen LogP contribution is -2.34. The highest BCUT2D eigenvalue weighted by Crippen LogP contribution is 2.30. The number of carbonyl (C=O) groups is 1. The summed E-state index contributed by atoms with van der Waals surface area (Å²) in [5.74, 6) is 0.605. The zero-order chi connectivity index (χ0) is 20.2. The Balaban J connectivity index is 1.61. The molecule has 4 nitrogen and oxygen atoms in total. The largest absolute Gasteiger partial charge is 0.483 e. The van der Waals surface area contributed by atoms with Crippen LogP contribution in [0.15, 0.2) is 72.8 Å². The second-order valence-electron chi connectivity index (χ2n) is 6.99.